The predicted molar refractivity (Wildman–Crippen MR) is 197 cm³/mol. The van der Waals surface area contributed by atoms with Crippen LogP contribution in [0.25, 0.3) is 34.2 Å². The van der Waals surface area contributed by atoms with Gasteiger partial charge in [-0.2, -0.15) is 0 Å². The van der Waals surface area contributed by atoms with Gasteiger partial charge < -0.3 is 9.64 Å². The summed E-state index contributed by atoms with van der Waals surface area (Å²) in [5, 5.41) is 2.76. The van der Waals surface area contributed by atoms with Crippen molar-refractivity contribution in [2.45, 2.75) is 39.3 Å². The van der Waals surface area contributed by atoms with E-state index >= 15 is 0 Å². The molecule has 0 aliphatic carbocycles. The van der Waals surface area contributed by atoms with Gasteiger partial charge in [0.15, 0.2) is 29.0 Å². The molecule has 0 radical (unpaired) electrons. The molecular weight excluding hydrogens is 597 g/mol. The van der Waals surface area contributed by atoms with Crippen LogP contribution in [-0.4, -0.2) is 31.1 Å². The Balaban J connectivity index is 1.33. The van der Waals surface area contributed by atoms with Crippen LogP contribution in [0.2, 0.25) is 39.3 Å². The van der Waals surface area contributed by atoms with Crippen molar-refractivity contribution in [1.82, 2.24) is 15.0 Å². The molecule has 0 fully saturated rings. The Bertz CT molecular complexity index is 1910. The highest BCUT2D eigenvalue weighted by Crippen LogP contribution is 2.50. The fraction of sp³-hybridized carbons (Fsp3) is 0.154. The molecule has 0 atom stereocenters. The zero-order chi connectivity index (χ0) is 32.1. The van der Waals surface area contributed by atoms with E-state index in [9.17, 15) is 0 Å². The summed E-state index contributed by atoms with van der Waals surface area (Å²) >= 11 is 0. The van der Waals surface area contributed by atoms with Crippen LogP contribution in [0.15, 0.2) is 121 Å². The van der Waals surface area contributed by atoms with Crippen LogP contribution < -0.4 is 20.0 Å². The molecular formula is C39H38N4OSi2. The molecule has 0 amide bonds. The van der Waals surface area contributed by atoms with E-state index in [1.165, 1.54) is 10.4 Å². The van der Waals surface area contributed by atoms with E-state index in [0.717, 1.165) is 45.3 Å². The van der Waals surface area contributed by atoms with E-state index in [-0.39, 0.29) is 0 Å². The first-order chi connectivity index (χ1) is 22.0. The quantitative estimate of drug-likeness (QED) is 0.171. The second-order valence-corrected chi connectivity index (χ2v) is 24.0. The summed E-state index contributed by atoms with van der Waals surface area (Å²) in [6.45, 7) is 14.2. The standard InChI is InChI=1S/C39H38N4OSi2/c1-45(2,3)31-21-23-33-35(25-31)44-36-26-32(46(4,5)6)22-24-34(36)43(33)30-19-17-29(18-20-30)39-41-37(27-13-9-7-10-14-27)40-38(42-39)28-15-11-8-12-16-28/h7-26H,1-6H3. The smallest absolute Gasteiger partial charge is 0.164 e. The van der Waals surface area contributed by atoms with Crippen LogP contribution in [0, 0.1) is 0 Å². The van der Waals surface area contributed by atoms with Gasteiger partial charge in [0.1, 0.15) is 0 Å². The van der Waals surface area contributed by atoms with E-state index in [1.807, 2.05) is 60.7 Å². The first kappa shape index (κ1) is 29.8. The molecule has 0 saturated carbocycles. The van der Waals surface area contributed by atoms with Gasteiger partial charge in [-0.05, 0) is 48.5 Å². The summed E-state index contributed by atoms with van der Waals surface area (Å²) < 4.78 is 6.68. The summed E-state index contributed by atoms with van der Waals surface area (Å²) in [4.78, 5) is 17.0. The van der Waals surface area contributed by atoms with E-state index in [1.54, 1.807) is 0 Å². The van der Waals surface area contributed by atoms with E-state index in [2.05, 4.69) is 105 Å². The van der Waals surface area contributed by atoms with Gasteiger partial charge in [0, 0.05) is 22.4 Å². The van der Waals surface area contributed by atoms with Crippen molar-refractivity contribution in [3.8, 4) is 45.7 Å². The zero-order valence-corrected chi connectivity index (χ0v) is 29.2. The minimum atomic E-state index is -1.54. The number of aromatic nitrogens is 3. The molecule has 5 nitrogen and oxygen atoms in total. The molecule has 46 heavy (non-hydrogen) atoms. The number of anilines is 3. The van der Waals surface area contributed by atoms with Crippen molar-refractivity contribution >= 4 is 43.6 Å². The molecule has 1 aromatic heterocycles. The third kappa shape index (κ3) is 5.79. The Labute approximate surface area is 273 Å². The maximum Gasteiger partial charge on any atom is 0.164 e. The molecule has 1 aliphatic heterocycles. The molecule has 1 aliphatic rings. The SMILES string of the molecule is C[Si](C)(C)c1ccc2c(c1)Oc1cc([Si](C)(C)C)ccc1N2c1ccc(-c2nc(-c3ccccc3)nc(-c3ccccc3)n2)cc1. The second-order valence-electron chi connectivity index (χ2n) is 13.9. The van der Waals surface area contributed by atoms with Crippen molar-refractivity contribution in [3.63, 3.8) is 0 Å². The van der Waals surface area contributed by atoms with Crippen molar-refractivity contribution in [1.29, 1.82) is 0 Å². The Hall–Kier alpha value is -4.86. The number of hydrogen-bond donors (Lipinski definition) is 0. The van der Waals surface area contributed by atoms with Crippen LogP contribution in [0.4, 0.5) is 17.1 Å². The fourth-order valence-corrected chi connectivity index (χ4v) is 8.01. The highest BCUT2D eigenvalue weighted by Gasteiger charge is 2.30. The molecule has 0 bridgehead atoms. The predicted octanol–water partition coefficient (Wildman–Crippen LogP) is 9.54. The molecule has 0 spiro atoms. The lowest BCUT2D eigenvalue weighted by molar-refractivity contribution is 0.478. The van der Waals surface area contributed by atoms with Crippen molar-refractivity contribution in [2.75, 3.05) is 4.90 Å². The lowest BCUT2D eigenvalue weighted by Gasteiger charge is -2.34. The first-order valence-corrected chi connectivity index (χ1v) is 22.8. The van der Waals surface area contributed by atoms with Crippen molar-refractivity contribution in [2.24, 2.45) is 0 Å². The van der Waals surface area contributed by atoms with E-state index < -0.39 is 16.1 Å². The highest BCUT2D eigenvalue weighted by molar-refractivity contribution is 6.89. The minimum Gasteiger partial charge on any atom is -0.453 e. The molecule has 6 aromatic rings. The molecule has 228 valence electrons. The lowest BCUT2D eigenvalue weighted by Crippen LogP contribution is -2.38. The van der Waals surface area contributed by atoms with Crippen LogP contribution in [0.5, 0.6) is 11.5 Å². The zero-order valence-electron chi connectivity index (χ0n) is 27.2. The van der Waals surface area contributed by atoms with Crippen LogP contribution in [-0.2, 0) is 0 Å². The summed E-state index contributed by atoms with van der Waals surface area (Å²) in [6.07, 6.45) is 0. The van der Waals surface area contributed by atoms with Crippen molar-refractivity contribution in [3.05, 3.63) is 121 Å². The topological polar surface area (TPSA) is 51.1 Å². The molecule has 7 rings (SSSR count). The summed E-state index contributed by atoms with van der Waals surface area (Å²) in [5.74, 6) is 3.76. The van der Waals surface area contributed by atoms with E-state index in [4.69, 9.17) is 19.7 Å². The summed E-state index contributed by atoms with van der Waals surface area (Å²) in [6, 6.07) is 42.2. The van der Waals surface area contributed by atoms with Gasteiger partial charge in [-0.25, -0.2) is 15.0 Å². The Morgan fingerprint density at radius 3 is 1.24 bits per heavy atom. The van der Waals surface area contributed by atoms with Gasteiger partial charge in [0.05, 0.1) is 27.5 Å². The maximum absolute atomic E-state index is 6.68. The lowest BCUT2D eigenvalue weighted by atomic mass is 10.1. The average Bonchev–Trinajstić information content (AvgIpc) is 3.06. The second kappa shape index (κ2) is 11.5. The average molecular weight is 635 g/mol. The van der Waals surface area contributed by atoms with Gasteiger partial charge in [-0.15, -0.1) is 0 Å². The van der Waals surface area contributed by atoms with Gasteiger partial charge >= 0.3 is 0 Å². The number of rotatable bonds is 6. The molecule has 0 saturated heterocycles. The van der Waals surface area contributed by atoms with Crippen LogP contribution >= 0.6 is 0 Å². The van der Waals surface area contributed by atoms with Gasteiger partial charge in [0.2, 0.25) is 0 Å². The largest absolute Gasteiger partial charge is 0.453 e. The van der Waals surface area contributed by atoms with Crippen molar-refractivity contribution < 1.29 is 4.74 Å². The Kier molecular flexibility index (Phi) is 7.46. The number of fused-ring (bicyclic) bond motifs is 2. The molecule has 2 heterocycles. The normalized spacial score (nSPS) is 12.7. The molecule has 0 N–H and O–H groups in total. The fourth-order valence-electron chi connectivity index (χ4n) is 5.72. The van der Waals surface area contributed by atoms with E-state index in [0.29, 0.717) is 17.5 Å². The molecule has 0 unspecified atom stereocenters. The summed E-state index contributed by atoms with van der Waals surface area (Å²) in [5.41, 5.74) is 5.98. The minimum absolute atomic E-state index is 0.640. The summed E-state index contributed by atoms with van der Waals surface area (Å²) in [7, 11) is -3.08. The molecule has 5 aromatic carbocycles. The third-order valence-corrected chi connectivity index (χ3v) is 12.5. The van der Waals surface area contributed by atoms with Crippen LogP contribution in [0.3, 0.4) is 0 Å². The number of ether oxygens (including phenoxy) is 1. The van der Waals surface area contributed by atoms with Gasteiger partial charge in [-0.1, -0.05) is 122 Å². The van der Waals surface area contributed by atoms with Crippen LogP contribution in [0.1, 0.15) is 0 Å². The number of benzene rings is 5. The monoisotopic (exact) mass is 634 g/mol. The number of hydrogen-bond acceptors (Lipinski definition) is 5. The van der Waals surface area contributed by atoms with Gasteiger partial charge in [-0.3, -0.25) is 0 Å². The molecule has 7 heteroatoms. The van der Waals surface area contributed by atoms with Gasteiger partial charge in [0.25, 0.3) is 0 Å². The maximum atomic E-state index is 6.68. The Morgan fingerprint density at radius 2 is 0.848 bits per heavy atom. The first-order valence-electron chi connectivity index (χ1n) is 15.8. The highest BCUT2D eigenvalue weighted by atomic mass is 28.3. The Morgan fingerprint density at radius 1 is 0.457 bits per heavy atom. The number of nitrogens with zero attached hydrogens (tertiary/aromatic N) is 4. The third-order valence-electron chi connectivity index (χ3n) is 8.44.